The van der Waals surface area contributed by atoms with Gasteiger partial charge in [-0.15, -0.1) is 0 Å². The molecule has 4 rings (SSSR count). The number of aliphatic hydroxyl groups is 4. The van der Waals surface area contributed by atoms with Crippen molar-refractivity contribution in [2.24, 2.45) is 0 Å². The van der Waals surface area contributed by atoms with Gasteiger partial charge in [0.05, 0.1) is 71.7 Å². The van der Waals surface area contributed by atoms with Crippen molar-refractivity contribution in [2.45, 2.75) is 12.2 Å². The fraction of sp³-hybridized carbons (Fsp3) is 0.200. The van der Waals surface area contributed by atoms with Gasteiger partial charge in [-0.2, -0.15) is 0 Å². The molecule has 0 spiro atoms. The van der Waals surface area contributed by atoms with Crippen LogP contribution in [0.1, 0.15) is 20.7 Å². The number of halogens is 4. The number of nitrogens with one attached hydrogen (secondary N) is 4. The number of anilines is 4. The molecule has 0 bridgehead atoms. The first kappa shape index (κ1) is 36.9. The summed E-state index contributed by atoms with van der Waals surface area (Å²) in [6, 6.07) is 12.3. The number of carbonyl (C=O) groups excluding carboxylic acids is 2. The van der Waals surface area contributed by atoms with Gasteiger partial charge < -0.3 is 41.7 Å². The highest BCUT2D eigenvalue weighted by Crippen LogP contribution is 2.25. The second kappa shape index (κ2) is 18.6. The first-order valence-electron chi connectivity index (χ1n) is 13.5. The van der Waals surface area contributed by atoms with Gasteiger partial charge in [0.15, 0.2) is 0 Å². The van der Waals surface area contributed by atoms with Gasteiger partial charge in [-0.05, 0) is 93.7 Å². The van der Waals surface area contributed by atoms with Gasteiger partial charge >= 0.3 is 0 Å². The zero-order valence-electron chi connectivity index (χ0n) is 23.9. The molecular formula is C30H30F2I2N6O6. The smallest absolute Gasteiger partial charge is 0.253 e. The monoisotopic (exact) mass is 862 g/mol. The molecule has 0 saturated heterocycles. The molecule has 0 aliphatic heterocycles. The molecule has 0 fully saturated rings. The van der Waals surface area contributed by atoms with E-state index in [0.717, 1.165) is 7.14 Å². The fourth-order valence-corrected chi connectivity index (χ4v) is 4.50. The maximum absolute atomic E-state index is 13.9. The number of rotatable bonds is 12. The zero-order valence-corrected chi connectivity index (χ0v) is 28.2. The molecule has 4 aromatic rings. The Labute approximate surface area is 290 Å². The molecule has 0 aliphatic rings. The van der Waals surface area contributed by atoms with E-state index in [4.69, 9.17) is 10.2 Å². The second-order valence-corrected chi connectivity index (χ2v) is 11.9. The van der Waals surface area contributed by atoms with Gasteiger partial charge in [0.1, 0.15) is 11.6 Å². The van der Waals surface area contributed by atoms with Crippen molar-refractivity contribution in [3.05, 3.63) is 103 Å². The van der Waals surface area contributed by atoms with Crippen molar-refractivity contribution in [1.82, 2.24) is 20.6 Å². The van der Waals surface area contributed by atoms with E-state index in [1.165, 1.54) is 49.1 Å². The highest BCUT2D eigenvalue weighted by Gasteiger charge is 2.16. The molecule has 46 heavy (non-hydrogen) atoms. The lowest BCUT2D eigenvalue weighted by atomic mass is 10.2. The highest BCUT2D eigenvalue weighted by atomic mass is 127. The topological polar surface area (TPSA) is 189 Å². The number of carbonyl (C=O) groups is 2. The van der Waals surface area contributed by atoms with Gasteiger partial charge in [0.2, 0.25) is 0 Å². The normalized spacial score (nSPS) is 11.8. The second-order valence-electron chi connectivity index (χ2n) is 9.43. The summed E-state index contributed by atoms with van der Waals surface area (Å²) in [5, 5.41) is 46.7. The van der Waals surface area contributed by atoms with E-state index in [2.05, 4.69) is 31.2 Å². The summed E-state index contributed by atoms with van der Waals surface area (Å²) in [6.07, 6.45) is 3.63. The fourth-order valence-electron chi connectivity index (χ4n) is 3.60. The predicted octanol–water partition coefficient (Wildman–Crippen LogP) is 3.30. The van der Waals surface area contributed by atoms with Gasteiger partial charge in [0.25, 0.3) is 11.8 Å². The molecule has 12 nitrogen and oxygen atoms in total. The lowest BCUT2D eigenvalue weighted by Gasteiger charge is -2.13. The summed E-state index contributed by atoms with van der Waals surface area (Å²) in [5.74, 6) is -1.81. The third-order valence-electron chi connectivity index (χ3n) is 5.95. The quantitative estimate of drug-likeness (QED) is 0.0983. The molecule has 0 aliphatic carbocycles. The summed E-state index contributed by atoms with van der Waals surface area (Å²) < 4.78 is 29.4. The van der Waals surface area contributed by atoms with Crippen LogP contribution < -0.4 is 21.3 Å². The Morgan fingerprint density at radius 3 is 1.41 bits per heavy atom. The van der Waals surface area contributed by atoms with Crippen LogP contribution in [0.25, 0.3) is 0 Å². The number of amides is 2. The first-order chi connectivity index (χ1) is 22.0. The Hall–Kier alpha value is -3.56. The summed E-state index contributed by atoms with van der Waals surface area (Å²) in [6.45, 7) is -1.07. The largest absolute Gasteiger partial charge is 0.394 e. The third-order valence-corrected chi connectivity index (χ3v) is 7.29. The highest BCUT2D eigenvalue weighted by molar-refractivity contribution is 14.1. The summed E-state index contributed by atoms with van der Waals surface area (Å²) in [7, 11) is 0. The minimum Gasteiger partial charge on any atom is -0.394 e. The van der Waals surface area contributed by atoms with Gasteiger partial charge in [-0.1, -0.05) is 0 Å². The lowest BCUT2D eigenvalue weighted by molar-refractivity contribution is 0.0799. The van der Waals surface area contributed by atoms with E-state index < -0.39 is 48.9 Å². The Kier molecular flexibility index (Phi) is 14.9. The number of pyridine rings is 2. The van der Waals surface area contributed by atoms with Gasteiger partial charge in [0, 0.05) is 32.6 Å². The molecule has 2 aromatic carbocycles. The Bertz CT molecular complexity index is 1520. The first-order valence-corrected chi connectivity index (χ1v) is 15.6. The predicted molar refractivity (Wildman–Crippen MR) is 184 cm³/mol. The van der Waals surface area contributed by atoms with Crippen LogP contribution in [0, 0.1) is 18.8 Å². The van der Waals surface area contributed by atoms with Crippen molar-refractivity contribution >= 4 is 79.7 Å². The molecule has 16 heteroatoms. The maximum Gasteiger partial charge on any atom is 0.253 e. The van der Waals surface area contributed by atoms with Crippen LogP contribution in [0.2, 0.25) is 0 Å². The molecule has 2 amide bonds. The van der Waals surface area contributed by atoms with Crippen molar-refractivity contribution in [3.63, 3.8) is 0 Å². The van der Waals surface area contributed by atoms with Crippen molar-refractivity contribution in [1.29, 1.82) is 0 Å². The van der Waals surface area contributed by atoms with Gasteiger partial charge in [-0.3, -0.25) is 19.6 Å². The standard InChI is InChI=1S/2C15H15FIN3O3/c2*16-12-5-9(17)1-2-13(12)20-14-7-18-4-3-11(14)15(23)19-6-10(22)8-21/h2*1-5,7,10,20-22H,6,8H2,(H,19,23)/t2*10-/m00/s1. The summed E-state index contributed by atoms with van der Waals surface area (Å²) in [4.78, 5) is 32.2. The molecule has 2 aromatic heterocycles. The average molecular weight is 862 g/mol. The Morgan fingerprint density at radius 1 is 0.674 bits per heavy atom. The minimum absolute atomic E-state index is 0.0883. The molecule has 0 unspecified atom stereocenters. The van der Waals surface area contributed by atoms with Crippen LogP contribution in [-0.2, 0) is 0 Å². The Balaban J connectivity index is 0.000000250. The van der Waals surface area contributed by atoms with Crippen molar-refractivity contribution < 1.29 is 38.8 Å². The lowest BCUT2D eigenvalue weighted by Crippen LogP contribution is -2.34. The number of hydrogen-bond acceptors (Lipinski definition) is 10. The average Bonchev–Trinajstić information content (AvgIpc) is 3.05. The summed E-state index contributed by atoms with van der Waals surface area (Å²) >= 11 is 4.01. The number of aliphatic hydroxyl groups excluding tert-OH is 4. The van der Waals surface area contributed by atoms with E-state index in [1.807, 2.05) is 45.2 Å². The maximum atomic E-state index is 13.9. The van der Waals surface area contributed by atoms with Crippen LogP contribution in [0.5, 0.6) is 0 Å². The van der Waals surface area contributed by atoms with Crippen molar-refractivity contribution in [2.75, 3.05) is 36.9 Å². The van der Waals surface area contributed by atoms with E-state index >= 15 is 0 Å². The molecule has 0 saturated carbocycles. The van der Waals surface area contributed by atoms with Crippen LogP contribution in [-0.4, -0.2) is 80.7 Å². The van der Waals surface area contributed by atoms with E-state index in [1.54, 1.807) is 24.3 Å². The Morgan fingerprint density at radius 2 is 1.07 bits per heavy atom. The summed E-state index contributed by atoms with van der Waals surface area (Å²) in [5.41, 5.74) is 1.63. The molecular weight excluding hydrogens is 832 g/mol. The SMILES string of the molecule is O=C(NC[C@H](O)CO)c1ccncc1Nc1ccc(I)cc1F.O=C(NC[C@H](O)CO)c1ccncc1Nc1ccc(I)cc1F. The van der Waals surface area contributed by atoms with Crippen LogP contribution in [0.3, 0.4) is 0 Å². The number of benzene rings is 2. The number of aromatic nitrogens is 2. The number of nitrogens with zero attached hydrogens (tertiary/aromatic N) is 2. The van der Waals surface area contributed by atoms with Crippen molar-refractivity contribution in [3.8, 4) is 0 Å². The molecule has 0 radical (unpaired) electrons. The van der Waals surface area contributed by atoms with E-state index in [0.29, 0.717) is 11.4 Å². The number of hydrogen-bond donors (Lipinski definition) is 8. The van der Waals surface area contributed by atoms with E-state index in [-0.39, 0.29) is 35.6 Å². The van der Waals surface area contributed by atoms with Crippen LogP contribution >= 0.6 is 45.2 Å². The van der Waals surface area contributed by atoms with Crippen LogP contribution in [0.15, 0.2) is 73.3 Å². The third kappa shape index (κ3) is 11.4. The molecule has 2 heterocycles. The minimum atomic E-state index is -1.04. The molecule has 2 atom stereocenters. The van der Waals surface area contributed by atoms with Gasteiger partial charge in [-0.25, -0.2) is 8.78 Å². The van der Waals surface area contributed by atoms with Crippen LogP contribution in [0.4, 0.5) is 31.5 Å². The molecule has 244 valence electrons. The van der Waals surface area contributed by atoms with E-state index in [9.17, 15) is 28.6 Å². The zero-order chi connectivity index (χ0) is 33.6. The molecule has 8 N–H and O–H groups in total.